The molecule has 0 unspecified atom stereocenters. The van der Waals surface area contributed by atoms with Gasteiger partial charge in [0.1, 0.15) is 11.5 Å². The Kier molecular flexibility index (Phi) is 3.79. The van der Waals surface area contributed by atoms with E-state index in [1.807, 2.05) is 32.0 Å². The van der Waals surface area contributed by atoms with Gasteiger partial charge in [0.05, 0.1) is 0 Å². The first-order valence-electron chi connectivity index (χ1n) is 5.92. The van der Waals surface area contributed by atoms with Gasteiger partial charge in [0, 0.05) is 18.7 Å². The van der Waals surface area contributed by atoms with Gasteiger partial charge in [-0.1, -0.05) is 18.2 Å². The van der Waals surface area contributed by atoms with Crippen LogP contribution in [0.25, 0.3) is 0 Å². The zero-order chi connectivity index (χ0) is 14.0. The van der Waals surface area contributed by atoms with Crippen molar-refractivity contribution < 1.29 is 13.2 Å². The molecule has 0 aromatic heterocycles. The van der Waals surface area contributed by atoms with Crippen LogP contribution in [0.4, 0.5) is 18.9 Å². The molecule has 0 spiro atoms. The van der Waals surface area contributed by atoms with E-state index in [2.05, 4.69) is 5.32 Å². The first kappa shape index (κ1) is 13.5. The minimum atomic E-state index is -0.927. The molecule has 4 heteroatoms. The lowest BCUT2D eigenvalue weighted by Crippen LogP contribution is -2.07. The third kappa shape index (κ3) is 2.89. The van der Waals surface area contributed by atoms with Gasteiger partial charge in [-0.25, -0.2) is 13.2 Å². The van der Waals surface area contributed by atoms with Crippen LogP contribution in [-0.2, 0) is 6.54 Å². The van der Waals surface area contributed by atoms with E-state index in [9.17, 15) is 13.2 Å². The monoisotopic (exact) mass is 265 g/mol. The summed E-state index contributed by atoms with van der Waals surface area (Å²) in [4.78, 5) is 0. The molecule has 2 aromatic rings. The summed E-state index contributed by atoms with van der Waals surface area (Å²) in [6.45, 7) is 4.15. The van der Waals surface area contributed by atoms with Gasteiger partial charge in [-0.3, -0.25) is 0 Å². The van der Waals surface area contributed by atoms with Crippen molar-refractivity contribution in [2.75, 3.05) is 5.32 Å². The molecular weight excluding hydrogens is 251 g/mol. The predicted molar refractivity (Wildman–Crippen MR) is 69.6 cm³/mol. The second-order valence-electron chi connectivity index (χ2n) is 4.47. The number of rotatable bonds is 3. The number of halogens is 3. The molecule has 0 amide bonds. The fraction of sp³-hybridized carbons (Fsp3) is 0.200. The Morgan fingerprint density at radius 1 is 0.947 bits per heavy atom. The van der Waals surface area contributed by atoms with E-state index in [0.717, 1.165) is 16.7 Å². The van der Waals surface area contributed by atoms with Gasteiger partial charge in [-0.05, 0) is 30.5 Å². The van der Waals surface area contributed by atoms with Gasteiger partial charge in [0.15, 0.2) is 11.6 Å². The van der Waals surface area contributed by atoms with Crippen LogP contribution in [0, 0.1) is 31.3 Å². The van der Waals surface area contributed by atoms with Gasteiger partial charge in [-0.15, -0.1) is 0 Å². The molecule has 1 nitrogen and oxygen atoms in total. The second kappa shape index (κ2) is 5.34. The Bertz CT molecular complexity index is 565. The number of nitrogens with one attached hydrogen (secondary N) is 1. The highest BCUT2D eigenvalue weighted by Crippen LogP contribution is 2.22. The van der Waals surface area contributed by atoms with Crippen molar-refractivity contribution in [1.82, 2.24) is 0 Å². The third-order valence-corrected chi connectivity index (χ3v) is 3.09. The lowest BCUT2D eigenvalue weighted by Gasteiger charge is -2.13. The summed E-state index contributed by atoms with van der Waals surface area (Å²) < 4.78 is 39.7. The number of anilines is 1. The Morgan fingerprint density at radius 2 is 1.47 bits per heavy atom. The second-order valence-corrected chi connectivity index (χ2v) is 4.47. The maximum Gasteiger partial charge on any atom is 0.152 e. The third-order valence-electron chi connectivity index (χ3n) is 3.09. The summed E-state index contributed by atoms with van der Waals surface area (Å²) in [5, 5.41) is 2.69. The molecule has 1 N–H and O–H groups in total. The molecule has 0 radical (unpaired) electrons. The molecule has 19 heavy (non-hydrogen) atoms. The van der Waals surface area contributed by atoms with Crippen molar-refractivity contribution in [3.05, 3.63) is 64.5 Å². The maximum absolute atomic E-state index is 13.5. The van der Waals surface area contributed by atoms with E-state index in [4.69, 9.17) is 0 Å². The lowest BCUT2D eigenvalue weighted by atomic mass is 10.0. The van der Waals surface area contributed by atoms with Crippen LogP contribution < -0.4 is 5.32 Å². The predicted octanol–water partition coefficient (Wildman–Crippen LogP) is 4.33. The fourth-order valence-electron chi connectivity index (χ4n) is 2.02. The zero-order valence-corrected chi connectivity index (χ0v) is 10.7. The van der Waals surface area contributed by atoms with Gasteiger partial charge in [-0.2, -0.15) is 0 Å². The van der Waals surface area contributed by atoms with E-state index in [-0.39, 0.29) is 12.2 Å². The highest BCUT2D eigenvalue weighted by atomic mass is 19.1. The smallest absolute Gasteiger partial charge is 0.152 e. The van der Waals surface area contributed by atoms with E-state index in [1.165, 1.54) is 0 Å². The molecule has 0 aliphatic heterocycles. The Balaban J connectivity index is 2.24. The molecule has 2 rings (SSSR count). The molecular formula is C15H14F3N. The van der Waals surface area contributed by atoms with E-state index >= 15 is 0 Å². The quantitative estimate of drug-likeness (QED) is 0.870. The minimum absolute atomic E-state index is 0.290. The van der Waals surface area contributed by atoms with Gasteiger partial charge in [0.25, 0.3) is 0 Å². The SMILES string of the molecule is Cc1cccc(C)c1CNc1c(F)cc(F)cc1F. The average molecular weight is 265 g/mol. The molecule has 0 fully saturated rings. The van der Waals surface area contributed by atoms with Crippen molar-refractivity contribution in [3.8, 4) is 0 Å². The summed E-state index contributed by atoms with van der Waals surface area (Å²) in [5.74, 6) is -2.78. The van der Waals surface area contributed by atoms with Crippen LogP contribution in [0.1, 0.15) is 16.7 Å². The van der Waals surface area contributed by atoms with E-state index in [1.54, 1.807) is 0 Å². The largest absolute Gasteiger partial charge is 0.376 e. The molecule has 0 aliphatic carbocycles. The van der Waals surface area contributed by atoms with Crippen molar-refractivity contribution in [3.63, 3.8) is 0 Å². The van der Waals surface area contributed by atoms with Gasteiger partial charge >= 0.3 is 0 Å². The van der Waals surface area contributed by atoms with Crippen LogP contribution in [0.3, 0.4) is 0 Å². The number of benzene rings is 2. The van der Waals surface area contributed by atoms with Crippen LogP contribution in [0.15, 0.2) is 30.3 Å². The minimum Gasteiger partial charge on any atom is -0.376 e. The zero-order valence-electron chi connectivity index (χ0n) is 10.7. The summed E-state index contributed by atoms with van der Waals surface area (Å²) in [7, 11) is 0. The average Bonchev–Trinajstić information content (AvgIpc) is 2.31. The standard InChI is InChI=1S/C15H14F3N/c1-9-4-3-5-10(2)12(9)8-19-15-13(17)6-11(16)7-14(15)18/h3-7,19H,8H2,1-2H3. The highest BCUT2D eigenvalue weighted by Gasteiger charge is 2.12. The number of hydrogen-bond acceptors (Lipinski definition) is 1. The van der Waals surface area contributed by atoms with Crippen LogP contribution >= 0.6 is 0 Å². The summed E-state index contributed by atoms with van der Waals surface area (Å²) >= 11 is 0. The molecule has 0 aliphatic rings. The molecule has 0 saturated carbocycles. The van der Waals surface area contributed by atoms with Crippen molar-refractivity contribution in [2.24, 2.45) is 0 Å². The molecule has 0 atom stereocenters. The van der Waals surface area contributed by atoms with Gasteiger partial charge in [0.2, 0.25) is 0 Å². The lowest BCUT2D eigenvalue weighted by molar-refractivity contribution is 0.547. The molecule has 0 bridgehead atoms. The summed E-state index contributed by atoms with van der Waals surface area (Å²) in [6, 6.07) is 7.11. The first-order valence-corrected chi connectivity index (χ1v) is 5.92. The Hall–Kier alpha value is -1.97. The normalized spacial score (nSPS) is 10.6. The maximum atomic E-state index is 13.5. The fourth-order valence-corrected chi connectivity index (χ4v) is 2.02. The molecule has 0 saturated heterocycles. The summed E-state index contributed by atoms with van der Waals surface area (Å²) in [5.41, 5.74) is 2.75. The van der Waals surface area contributed by atoms with E-state index in [0.29, 0.717) is 12.1 Å². The van der Waals surface area contributed by atoms with Gasteiger partial charge < -0.3 is 5.32 Å². The van der Waals surface area contributed by atoms with Crippen molar-refractivity contribution >= 4 is 5.69 Å². The van der Waals surface area contributed by atoms with Crippen molar-refractivity contribution in [1.29, 1.82) is 0 Å². The van der Waals surface area contributed by atoms with Crippen molar-refractivity contribution in [2.45, 2.75) is 20.4 Å². The molecule has 2 aromatic carbocycles. The number of hydrogen-bond donors (Lipinski definition) is 1. The van der Waals surface area contributed by atoms with E-state index < -0.39 is 17.5 Å². The Labute approximate surface area is 110 Å². The van der Waals surface area contributed by atoms with Crippen LogP contribution in [0.2, 0.25) is 0 Å². The Morgan fingerprint density at radius 3 is 2.00 bits per heavy atom. The molecule has 0 heterocycles. The highest BCUT2D eigenvalue weighted by molar-refractivity contribution is 5.48. The molecule has 100 valence electrons. The van der Waals surface area contributed by atoms with Crippen LogP contribution in [0.5, 0.6) is 0 Å². The summed E-state index contributed by atoms with van der Waals surface area (Å²) in [6.07, 6.45) is 0. The van der Waals surface area contributed by atoms with Crippen LogP contribution in [-0.4, -0.2) is 0 Å². The topological polar surface area (TPSA) is 12.0 Å². The first-order chi connectivity index (χ1) is 8.99. The number of aryl methyl sites for hydroxylation is 2.